The van der Waals surface area contributed by atoms with Crippen molar-refractivity contribution in [2.24, 2.45) is 14.1 Å². The van der Waals surface area contributed by atoms with Crippen molar-refractivity contribution in [1.82, 2.24) is 9.13 Å². The molecule has 0 bridgehead atoms. The monoisotopic (exact) mass is 378 g/mol. The van der Waals surface area contributed by atoms with Crippen molar-refractivity contribution in [2.75, 3.05) is 10.2 Å². The Morgan fingerprint density at radius 3 is 2.11 bits per heavy atom. The van der Waals surface area contributed by atoms with E-state index in [1.54, 1.807) is 7.05 Å². The molecule has 1 aromatic heterocycles. The Labute approximate surface area is 161 Å². The summed E-state index contributed by atoms with van der Waals surface area (Å²) in [7, 11) is 3.13. The van der Waals surface area contributed by atoms with Gasteiger partial charge in [0.2, 0.25) is 0 Å². The van der Waals surface area contributed by atoms with Gasteiger partial charge >= 0.3 is 5.69 Å². The predicted molar refractivity (Wildman–Crippen MR) is 110 cm³/mol. The quantitative estimate of drug-likeness (QED) is 0.694. The molecule has 27 heavy (non-hydrogen) atoms. The number of thiocarbonyl (C=S) groups is 1. The zero-order valence-corrected chi connectivity index (χ0v) is 15.7. The molecule has 2 heterocycles. The zero-order valence-electron chi connectivity index (χ0n) is 14.9. The number of hydrogen-bond donors (Lipinski definition) is 1. The summed E-state index contributed by atoms with van der Waals surface area (Å²) < 4.78 is 2.56. The number of hydrogen-bond acceptors (Lipinski definition) is 3. The van der Waals surface area contributed by atoms with Gasteiger partial charge in [0.15, 0.2) is 5.11 Å². The molecule has 7 heteroatoms. The second-order valence-electron chi connectivity index (χ2n) is 6.42. The van der Waals surface area contributed by atoms with Gasteiger partial charge in [-0.05, 0) is 29.9 Å². The first-order chi connectivity index (χ1) is 13.0. The van der Waals surface area contributed by atoms with Crippen molar-refractivity contribution in [1.29, 1.82) is 0 Å². The molecule has 1 aliphatic heterocycles. The maximum absolute atomic E-state index is 13.1. The van der Waals surface area contributed by atoms with Gasteiger partial charge in [0.25, 0.3) is 5.56 Å². The molecular formula is C20H18N4O2S. The molecule has 136 valence electrons. The predicted octanol–water partition coefficient (Wildman–Crippen LogP) is 2.39. The van der Waals surface area contributed by atoms with E-state index in [-0.39, 0.29) is 5.56 Å². The van der Waals surface area contributed by atoms with Gasteiger partial charge in [0.1, 0.15) is 5.82 Å². The Balaban J connectivity index is 2.07. The highest BCUT2D eigenvalue weighted by Crippen LogP contribution is 2.38. The minimum atomic E-state index is -0.442. The highest BCUT2D eigenvalue weighted by molar-refractivity contribution is 7.80. The number of anilines is 2. The molecule has 0 amide bonds. The lowest BCUT2D eigenvalue weighted by molar-refractivity contribution is 0.655. The number of fused-ring (bicyclic) bond motifs is 1. The lowest BCUT2D eigenvalue weighted by Gasteiger charge is -2.39. The van der Waals surface area contributed by atoms with Gasteiger partial charge in [0, 0.05) is 19.8 Å². The van der Waals surface area contributed by atoms with Gasteiger partial charge in [-0.15, -0.1) is 0 Å². The van der Waals surface area contributed by atoms with E-state index < -0.39 is 11.7 Å². The standard InChI is InChI=1S/C20H18N4O2S/c1-22-17-15(18(25)23(2)20(22)26)16(13-9-5-3-6-10-13)24(19(27)21-17)14-11-7-4-8-12-14/h3-12,16H,1-2H3,(H,21,27). The fraction of sp³-hybridized carbons (Fsp3) is 0.150. The Morgan fingerprint density at radius 2 is 1.48 bits per heavy atom. The number of para-hydroxylation sites is 1. The van der Waals surface area contributed by atoms with Crippen LogP contribution in [0.4, 0.5) is 11.5 Å². The third kappa shape index (κ3) is 2.67. The smallest absolute Gasteiger partial charge is 0.318 e. The van der Waals surface area contributed by atoms with Gasteiger partial charge in [-0.1, -0.05) is 48.5 Å². The van der Waals surface area contributed by atoms with Crippen LogP contribution < -0.4 is 21.5 Å². The van der Waals surface area contributed by atoms with E-state index in [4.69, 9.17) is 12.2 Å². The SMILES string of the molecule is Cn1c2c(c(=O)n(C)c1=O)C(c1ccccc1)N(c1ccccc1)C(=S)N2. The molecule has 6 nitrogen and oxygen atoms in total. The first kappa shape index (κ1) is 17.2. The van der Waals surface area contributed by atoms with Crippen LogP contribution in [0.3, 0.4) is 0 Å². The third-order valence-electron chi connectivity index (χ3n) is 4.82. The first-order valence-electron chi connectivity index (χ1n) is 8.51. The molecule has 1 aliphatic rings. The fourth-order valence-corrected chi connectivity index (χ4v) is 3.79. The molecule has 3 aromatic rings. The molecule has 0 aliphatic carbocycles. The van der Waals surface area contributed by atoms with Crippen LogP contribution in [0, 0.1) is 0 Å². The van der Waals surface area contributed by atoms with E-state index in [9.17, 15) is 9.59 Å². The van der Waals surface area contributed by atoms with Gasteiger partial charge in [-0.2, -0.15) is 0 Å². The summed E-state index contributed by atoms with van der Waals surface area (Å²) in [6.07, 6.45) is 0. The average molecular weight is 378 g/mol. The molecule has 2 aromatic carbocycles. The van der Waals surface area contributed by atoms with E-state index in [0.717, 1.165) is 15.8 Å². The summed E-state index contributed by atoms with van der Waals surface area (Å²) in [6, 6.07) is 18.9. The van der Waals surface area contributed by atoms with Crippen LogP contribution in [0.5, 0.6) is 0 Å². The van der Waals surface area contributed by atoms with Crippen molar-refractivity contribution in [3.63, 3.8) is 0 Å². The number of rotatable bonds is 2. The highest BCUT2D eigenvalue weighted by atomic mass is 32.1. The average Bonchev–Trinajstić information content (AvgIpc) is 2.71. The highest BCUT2D eigenvalue weighted by Gasteiger charge is 2.37. The van der Waals surface area contributed by atoms with Crippen LogP contribution in [-0.2, 0) is 14.1 Å². The van der Waals surface area contributed by atoms with E-state index >= 15 is 0 Å². The van der Waals surface area contributed by atoms with Crippen LogP contribution in [0.1, 0.15) is 17.2 Å². The summed E-state index contributed by atoms with van der Waals surface area (Å²) in [5, 5.41) is 3.53. The van der Waals surface area contributed by atoms with Crippen LogP contribution in [0.15, 0.2) is 70.3 Å². The fourth-order valence-electron chi connectivity index (χ4n) is 3.48. The van der Waals surface area contributed by atoms with E-state index in [2.05, 4.69) is 5.32 Å². The summed E-state index contributed by atoms with van der Waals surface area (Å²) in [6.45, 7) is 0. The van der Waals surface area contributed by atoms with E-state index in [1.807, 2.05) is 65.6 Å². The maximum atomic E-state index is 13.1. The van der Waals surface area contributed by atoms with Crippen LogP contribution in [0.25, 0.3) is 0 Å². The van der Waals surface area contributed by atoms with Crippen molar-refractivity contribution < 1.29 is 0 Å². The Morgan fingerprint density at radius 1 is 0.889 bits per heavy atom. The molecule has 4 rings (SSSR count). The topological polar surface area (TPSA) is 59.3 Å². The number of nitrogens with zero attached hydrogens (tertiary/aromatic N) is 3. The minimum Gasteiger partial charge on any atom is -0.318 e. The van der Waals surface area contributed by atoms with Crippen molar-refractivity contribution in [3.05, 3.63) is 92.6 Å². The molecule has 1 atom stereocenters. The van der Waals surface area contributed by atoms with Gasteiger partial charge in [-0.3, -0.25) is 13.9 Å². The Hall–Kier alpha value is -3.19. The van der Waals surface area contributed by atoms with Gasteiger partial charge in [0.05, 0.1) is 11.6 Å². The Kier molecular flexibility index (Phi) is 4.16. The molecule has 1 unspecified atom stereocenters. The molecule has 0 saturated heterocycles. The number of aromatic nitrogens is 2. The van der Waals surface area contributed by atoms with Crippen molar-refractivity contribution >= 4 is 28.8 Å². The van der Waals surface area contributed by atoms with Crippen LogP contribution in [-0.4, -0.2) is 14.2 Å². The molecule has 0 radical (unpaired) electrons. The van der Waals surface area contributed by atoms with Crippen LogP contribution >= 0.6 is 12.2 Å². The summed E-state index contributed by atoms with van der Waals surface area (Å²) in [4.78, 5) is 27.4. The largest absolute Gasteiger partial charge is 0.332 e. The maximum Gasteiger partial charge on any atom is 0.332 e. The van der Waals surface area contributed by atoms with E-state index in [0.29, 0.717) is 16.5 Å². The lowest BCUT2D eigenvalue weighted by atomic mass is 9.96. The van der Waals surface area contributed by atoms with E-state index in [1.165, 1.54) is 11.6 Å². The molecule has 0 saturated carbocycles. The molecule has 0 fully saturated rings. The normalized spacial score (nSPS) is 16.0. The second-order valence-corrected chi connectivity index (χ2v) is 6.80. The van der Waals surface area contributed by atoms with Crippen molar-refractivity contribution in [2.45, 2.75) is 6.04 Å². The lowest BCUT2D eigenvalue weighted by Crippen LogP contribution is -2.51. The van der Waals surface area contributed by atoms with Gasteiger partial charge in [-0.25, -0.2) is 4.79 Å². The Bertz CT molecular complexity index is 1140. The van der Waals surface area contributed by atoms with Gasteiger partial charge < -0.3 is 10.2 Å². The second kappa shape index (κ2) is 6.51. The summed E-state index contributed by atoms with van der Waals surface area (Å²) in [5.74, 6) is 0.439. The summed E-state index contributed by atoms with van der Waals surface area (Å²) >= 11 is 5.63. The molecule has 0 spiro atoms. The molecular weight excluding hydrogens is 360 g/mol. The van der Waals surface area contributed by atoms with Crippen molar-refractivity contribution in [3.8, 4) is 0 Å². The van der Waals surface area contributed by atoms with Crippen LogP contribution in [0.2, 0.25) is 0 Å². The minimum absolute atomic E-state index is 0.335. The number of benzene rings is 2. The number of nitrogens with one attached hydrogen (secondary N) is 1. The summed E-state index contributed by atoms with van der Waals surface area (Å²) in [5.41, 5.74) is 1.54. The third-order valence-corrected chi connectivity index (χ3v) is 5.12. The first-order valence-corrected chi connectivity index (χ1v) is 8.91. The zero-order chi connectivity index (χ0) is 19.1. The molecule has 1 N–H and O–H groups in total.